The first-order valence-electron chi connectivity index (χ1n) is 11.4. The van der Waals surface area contributed by atoms with E-state index < -0.39 is 11.9 Å². The van der Waals surface area contributed by atoms with Gasteiger partial charge in [0.25, 0.3) is 5.91 Å². The molecule has 2 N–H and O–H groups in total. The number of nitrogens with zero attached hydrogens (tertiary/aromatic N) is 3. The Hall–Kier alpha value is -3.80. The molecule has 0 radical (unpaired) electrons. The van der Waals surface area contributed by atoms with Crippen LogP contribution in [0.4, 0.5) is 24.5 Å². The zero-order valence-corrected chi connectivity index (χ0v) is 19.5. The van der Waals surface area contributed by atoms with Crippen LogP contribution in [0.3, 0.4) is 0 Å². The highest BCUT2D eigenvalue weighted by Gasteiger charge is 2.34. The van der Waals surface area contributed by atoms with Crippen LogP contribution in [0.5, 0.6) is 0 Å². The molecule has 9 heteroatoms. The molecule has 1 fully saturated rings. The average Bonchev–Trinajstić information content (AvgIpc) is 2.84. The largest absolute Gasteiger partial charge is 0.433 e. The number of alkyl halides is 3. The maximum absolute atomic E-state index is 13.4. The number of nitriles is 1. The third-order valence-electron chi connectivity index (χ3n) is 6.25. The number of benzene rings is 2. The van der Waals surface area contributed by atoms with E-state index in [2.05, 4.69) is 21.7 Å². The number of nitrogens with one attached hydrogen (secondary N) is 2. The van der Waals surface area contributed by atoms with Crippen LogP contribution in [0.25, 0.3) is 10.9 Å². The van der Waals surface area contributed by atoms with E-state index in [-0.39, 0.29) is 18.0 Å². The second-order valence-corrected chi connectivity index (χ2v) is 9.01. The molecule has 0 bridgehead atoms. The van der Waals surface area contributed by atoms with Crippen molar-refractivity contribution < 1.29 is 18.0 Å². The van der Waals surface area contributed by atoms with E-state index in [1.807, 2.05) is 19.0 Å². The van der Waals surface area contributed by atoms with Gasteiger partial charge in [-0.25, -0.2) is 4.98 Å². The minimum atomic E-state index is -4.53. The summed E-state index contributed by atoms with van der Waals surface area (Å²) in [4.78, 5) is 18.4. The Morgan fingerprint density at radius 3 is 2.40 bits per heavy atom. The van der Waals surface area contributed by atoms with Gasteiger partial charge in [-0.3, -0.25) is 4.79 Å². The molecule has 0 atom stereocenters. The number of hydrogen-bond donors (Lipinski definition) is 2. The molecule has 1 aliphatic carbocycles. The molecule has 6 nitrogen and oxygen atoms in total. The van der Waals surface area contributed by atoms with Gasteiger partial charge in [0.15, 0.2) is 0 Å². The van der Waals surface area contributed by atoms with Crippen molar-refractivity contribution in [1.82, 2.24) is 10.3 Å². The third kappa shape index (κ3) is 5.65. The van der Waals surface area contributed by atoms with Crippen LogP contribution in [0.15, 0.2) is 48.5 Å². The van der Waals surface area contributed by atoms with E-state index >= 15 is 0 Å². The fourth-order valence-corrected chi connectivity index (χ4v) is 4.38. The molecule has 3 aromatic rings. The van der Waals surface area contributed by atoms with Gasteiger partial charge >= 0.3 is 6.18 Å². The Bertz CT molecular complexity index is 1270. The standard InChI is InChI=1S/C26H26F3N5O/c1-34(2)20-12-16(15-30)11-17(13-20)25(35)32-19-9-7-18(8-10-19)31-23-14-24(26(27,28)29)33-22-6-4-3-5-21(22)23/h3-6,11-14,18-19H,7-10H2,1-2H3,(H,31,33)(H,32,35). The summed E-state index contributed by atoms with van der Waals surface area (Å²) in [6.45, 7) is 0. The molecule has 1 aromatic heterocycles. The molecule has 1 aliphatic rings. The number of halogens is 3. The normalized spacial score (nSPS) is 18.1. The highest BCUT2D eigenvalue weighted by molar-refractivity contribution is 5.96. The number of hydrogen-bond acceptors (Lipinski definition) is 5. The van der Waals surface area contributed by atoms with Crippen molar-refractivity contribution in [1.29, 1.82) is 5.26 Å². The number of anilines is 2. The zero-order valence-electron chi connectivity index (χ0n) is 19.5. The monoisotopic (exact) mass is 481 g/mol. The maximum Gasteiger partial charge on any atom is 0.433 e. The molecule has 4 rings (SSSR count). The van der Waals surface area contributed by atoms with Gasteiger partial charge in [-0.2, -0.15) is 18.4 Å². The summed E-state index contributed by atoms with van der Waals surface area (Å²) in [7, 11) is 3.69. The Labute approximate surface area is 201 Å². The molecule has 0 unspecified atom stereocenters. The highest BCUT2D eigenvalue weighted by atomic mass is 19.4. The topological polar surface area (TPSA) is 81.0 Å². The molecular weight excluding hydrogens is 455 g/mol. The summed E-state index contributed by atoms with van der Waals surface area (Å²) in [5, 5.41) is 16.2. The van der Waals surface area contributed by atoms with Crippen LogP contribution in [0.2, 0.25) is 0 Å². The second kappa shape index (κ2) is 9.82. The fraction of sp³-hybridized carbons (Fsp3) is 0.346. The van der Waals surface area contributed by atoms with Crippen molar-refractivity contribution in [2.75, 3.05) is 24.3 Å². The van der Waals surface area contributed by atoms with Crippen LogP contribution >= 0.6 is 0 Å². The Balaban J connectivity index is 1.42. The SMILES string of the molecule is CN(C)c1cc(C#N)cc(C(=O)NC2CCC(Nc3cc(C(F)(F)F)nc4ccccc34)CC2)c1. The molecule has 1 amide bonds. The molecular formula is C26H26F3N5O. The lowest BCUT2D eigenvalue weighted by Crippen LogP contribution is -2.40. The smallest absolute Gasteiger partial charge is 0.382 e. The molecule has 35 heavy (non-hydrogen) atoms. The summed E-state index contributed by atoms with van der Waals surface area (Å²) in [5.41, 5.74) is 1.40. The minimum Gasteiger partial charge on any atom is -0.382 e. The van der Waals surface area contributed by atoms with Crippen molar-refractivity contribution >= 4 is 28.2 Å². The fourth-order valence-electron chi connectivity index (χ4n) is 4.38. The molecule has 0 spiro atoms. The second-order valence-electron chi connectivity index (χ2n) is 9.01. The molecule has 0 saturated heterocycles. The zero-order chi connectivity index (χ0) is 25.2. The van der Waals surface area contributed by atoms with E-state index in [0.29, 0.717) is 53.4 Å². The lowest BCUT2D eigenvalue weighted by Gasteiger charge is -2.31. The van der Waals surface area contributed by atoms with Gasteiger partial charge < -0.3 is 15.5 Å². The number of aromatic nitrogens is 1. The van der Waals surface area contributed by atoms with E-state index in [9.17, 15) is 23.2 Å². The Morgan fingerprint density at radius 2 is 1.74 bits per heavy atom. The number of rotatable bonds is 5. The van der Waals surface area contributed by atoms with Crippen molar-refractivity contribution in [2.24, 2.45) is 0 Å². The van der Waals surface area contributed by atoms with Gasteiger partial charge in [-0.05, 0) is 56.0 Å². The number of fused-ring (bicyclic) bond motifs is 1. The summed E-state index contributed by atoms with van der Waals surface area (Å²) in [6.07, 6.45) is -1.75. The van der Waals surface area contributed by atoms with Gasteiger partial charge in [0.2, 0.25) is 0 Å². The Morgan fingerprint density at radius 1 is 1.06 bits per heavy atom. The first-order chi connectivity index (χ1) is 16.6. The van der Waals surface area contributed by atoms with Gasteiger partial charge in [0.05, 0.1) is 17.1 Å². The van der Waals surface area contributed by atoms with Crippen molar-refractivity contribution in [2.45, 2.75) is 43.9 Å². The van der Waals surface area contributed by atoms with Gasteiger partial charge in [0, 0.05) is 48.5 Å². The van der Waals surface area contributed by atoms with Crippen molar-refractivity contribution in [3.8, 4) is 6.07 Å². The first-order valence-corrected chi connectivity index (χ1v) is 11.4. The minimum absolute atomic E-state index is 0.0164. The number of pyridine rings is 1. The third-order valence-corrected chi connectivity index (χ3v) is 6.25. The van der Waals surface area contributed by atoms with Crippen molar-refractivity contribution in [3.05, 3.63) is 65.4 Å². The van der Waals surface area contributed by atoms with Gasteiger partial charge in [-0.15, -0.1) is 0 Å². The molecule has 182 valence electrons. The molecule has 2 aromatic carbocycles. The lowest BCUT2D eigenvalue weighted by atomic mass is 9.90. The molecule has 1 heterocycles. The van der Waals surface area contributed by atoms with Crippen LogP contribution in [-0.4, -0.2) is 37.1 Å². The summed E-state index contributed by atoms with van der Waals surface area (Å²) in [5.74, 6) is -0.239. The van der Waals surface area contributed by atoms with Crippen LogP contribution in [0, 0.1) is 11.3 Å². The van der Waals surface area contributed by atoms with E-state index in [0.717, 1.165) is 11.8 Å². The number of carbonyl (C=O) groups excluding carboxylic acids is 1. The van der Waals surface area contributed by atoms with Crippen molar-refractivity contribution in [3.63, 3.8) is 0 Å². The number of para-hydroxylation sites is 1. The summed E-state index contributed by atoms with van der Waals surface area (Å²) >= 11 is 0. The van der Waals surface area contributed by atoms with E-state index in [1.165, 1.54) is 0 Å². The summed E-state index contributed by atoms with van der Waals surface area (Å²) in [6, 6.07) is 14.9. The molecule has 1 saturated carbocycles. The number of carbonyl (C=O) groups is 1. The van der Waals surface area contributed by atoms with Crippen LogP contribution < -0.4 is 15.5 Å². The summed E-state index contributed by atoms with van der Waals surface area (Å²) < 4.78 is 40.1. The van der Waals surface area contributed by atoms with Gasteiger partial charge in [0.1, 0.15) is 5.69 Å². The first kappa shape index (κ1) is 24.3. The average molecular weight is 482 g/mol. The Kier molecular flexibility index (Phi) is 6.83. The predicted octanol–water partition coefficient (Wildman–Crippen LogP) is 5.34. The van der Waals surface area contributed by atoms with Crippen LogP contribution in [0.1, 0.15) is 47.3 Å². The lowest BCUT2D eigenvalue weighted by molar-refractivity contribution is -0.140. The highest BCUT2D eigenvalue weighted by Crippen LogP contribution is 2.34. The van der Waals surface area contributed by atoms with E-state index in [1.54, 1.807) is 42.5 Å². The van der Waals surface area contributed by atoms with Gasteiger partial charge in [-0.1, -0.05) is 18.2 Å². The quantitative estimate of drug-likeness (QED) is 0.514. The van der Waals surface area contributed by atoms with Crippen LogP contribution in [-0.2, 0) is 6.18 Å². The maximum atomic E-state index is 13.4. The predicted molar refractivity (Wildman–Crippen MR) is 129 cm³/mol. The molecule has 0 aliphatic heterocycles. The van der Waals surface area contributed by atoms with E-state index in [4.69, 9.17) is 0 Å². The number of amides is 1.